The lowest BCUT2D eigenvalue weighted by molar-refractivity contribution is -0.114. The van der Waals surface area contributed by atoms with Gasteiger partial charge in [0.2, 0.25) is 0 Å². The Morgan fingerprint density at radius 3 is 2.59 bits per heavy atom. The molecule has 0 N–H and O–H groups in total. The van der Waals surface area contributed by atoms with Gasteiger partial charge in [-0.15, -0.1) is 0 Å². The van der Waals surface area contributed by atoms with Gasteiger partial charge in [0.05, 0.1) is 17.6 Å². The Kier molecular flexibility index (Phi) is 5.64. The van der Waals surface area contributed by atoms with E-state index >= 15 is 0 Å². The molecule has 6 nitrogen and oxygen atoms in total. The number of carbonyl (C=O) groups is 2. The highest BCUT2D eigenvalue weighted by atomic mass is 16.1. The second-order valence-electron chi connectivity index (χ2n) is 9.41. The summed E-state index contributed by atoms with van der Waals surface area (Å²) in [4.78, 5) is 38.2. The van der Waals surface area contributed by atoms with E-state index in [1.165, 1.54) is 12.8 Å². The van der Waals surface area contributed by atoms with Crippen molar-refractivity contribution >= 4 is 23.3 Å². The minimum Gasteiger partial charge on any atom is -0.368 e. The average molecular weight is 431 g/mol. The number of aromatic nitrogens is 2. The van der Waals surface area contributed by atoms with Gasteiger partial charge in [-0.3, -0.25) is 24.5 Å². The summed E-state index contributed by atoms with van der Waals surface area (Å²) in [6.45, 7) is 7.79. The molecule has 2 aromatic heterocycles. The zero-order chi connectivity index (χ0) is 22.2. The first-order valence-electron chi connectivity index (χ1n) is 11.7. The van der Waals surface area contributed by atoms with Crippen molar-refractivity contribution in [2.75, 3.05) is 31.1 Å². The summed E-state index contributed by atoms with van der Waals surface area (Å²) in [5.74, 6) is 0.945. The second kappa shape index (κ2) is 8.58. The van der Waals surface area contributed by atoms with Crippen LogP contribution in [0.2, 0.25) is 0 Å². The molecule has 1 aliphatic heterocycles. The van der Waals surface area contributed by atoms with Gasteiger partial charge in [-0.1, -0.05) is 6.07 Å². The number of hydrogen-bond acceptors (Lipinski definition) is 6. The predicted molar refractivity (Wildman–Crippen MR) is 125 cm³/mol. The Hall–Kier alpha value is -2.86. The summed E-state index contributed by atoms with van der Waals surface area (Å²) in [5, 5.41) is 0. The van der Waals surface area contributed by atoms with Gasteiger partial charge in [-0.25, -0.2) is 0 Å². The van der Waals surface area contributed by atoms with Crippen LogP contribution in [-0.4, -0.2) is 52.6 Å². The van der Waals surface area contributed by atoms with Crippen LogP contribution in [0.1, 0.15) is 66.5 Å². The summed E-state index contributed by atoms with van der Waals surface area (Å²) < 4.78 is 0. The van der Waals surface area contributed by atoms with E-state index in [2.05, 4.69) is 32.8 Å². The zero-order valence-electron chi connectivity index (χ0n) is 18.9. The second-order valence-corrected chi connectivity index (χ2v) is 9.41. The van der Waals surface area contributed by atoms with Gasteiger partial charge in [-0.2, -0.15) is 0 Å². The van der Waals surface area contributed by atoms with Crippen LogP contribution in [0, 0.1) is 5.92 Å². The molecule has 5 rings (SSSR count). The van der Waals surface area contributed by atoms with Crippen molar-refractivity contribution in [3.63, 3.8) is 0 Å². The van der Waals surface area contributed by atoms with Crippen LogP contribution in [-0.2, 0) is 11.2 Å². The van der Waals surface area contributed by atoms with Crippen molar-refractivity contribution in [2.45, 2.75) is 45.6 Å². The molecule has 1 atom stereocenters. The fourth-order valence-corrected chi connectivity index (χ4v) is 4.64. The Bertz CT molecular complexity index is 1060. The van der Waals surface area contributed by atoms with Crippen LogP contribution < -0.4 is 4.90 Å². The number of fused-ring (bicyclic) bond motifs is 1. The third-order valence-electron chi connectivity index (χ3n) is 7.08. The minimum absolute atomic E-state index is 0.170. The molecule has 0 amide bonds. The SMILES string of the molecule is CC1=Cc2ncc([C@H](C)N3CCN(c4ccc(C(=O)CC5CC5)nc4)CC3)cc2CC1=O. The Morgan fingerprint density at radius 1 is 1.12 bits per heavy atom. The number of rotatable bonds is 6. The van der Waals surface area contributed by atoms with Crippen molar-refractivity contribution in [1.29, 1.82) is 0 Å². The van der Waals surface area contributed by atoms with E-state index in [1.807, 2.05) is 37.5 Å². The summed E-state index contributed by atoms with van der Waals surface area (Å²) in [7, 11) is 0. The maximum Gasteiger partial charge on any atom is 0.181 e. The van der Waals surface area contributed by atoms with Crippen LogP contribution in [0.3, 0.4) is 0 Å². The van der Waals surface area contributed by atoms with Gasteiger partial charge in [-0.05, 0) is 67.5 Å². The Labute approximate surface area is 189 Å². The van der Waals surface area contributed by atoms with E-state index in [9.17, 15) is 9.59 Å². The van der Waals surface area contributed by atoms with Gasteiger partial charge >= 0.3 is 0 Å². The van der Waals surface area contributed by atoms with E-state index in [1.54, 1.807) is 0 Å². The average Bonchev–Trinajstić information content (AvgIpc) is 3.63. The number of anilines is 1. The van der Waals surface area contributed by atoms with E-state index in [-0.39, 0.29) is 17.6 Å². The molecule has 3 aliphatic rings. The lowest BCUT2D eigenvalue weighted by Crippen LogP contribution is -2.47. The third-order valence-corrected chi connectivity index (χ3v) is 7.08. The van der Waals surface area contributed by atoms with E-state index in [4.69, 9.17) is 0 Å². The van der Waals surface area contributed by atoms with Crippen LogP contribution in [0.4, 0.5) is 5.69 Å². The topological polar surface area (TPSA) is 66.4 Å². The fourth-order valence-electron chi connectivity index (χ4n) is 4.64. The lowest BCUT2D eigenvalue weighted by Gasteiger charge is -2.39. The number of Topliss-reactive ketones (excluding diaryl/α,β-unsaturated/α-hetero) is 2. The van der Waals surface area contributed by atoms with Crippen LogP contribution in [0.15, 0.2) is 36.2 Å². The number of hydrogen-bond donors (Lipinski definition) is 0. The van der Waals surface area contributed by atoms with Crippen LogP contribution >= 0.6 is 0 Å². The smallest absolute Gasteiger partial charge is 0.181 e. The van der Waals surface area contributed by atoms with Crippen molar-refractivity contribution in [2.24, 2.45) is 5.92 Å². The van der Waals surface area contributed by atoms with Gasteiger partial charge in [0.15, 0.2) is 11.6 Å². The molecule has 0 radical (unpaired) electrons. The highest BCUT2D eigenvalue weighted by molar-refractivity contribution is 6.02. The highest BCUT2D eigenvalue weighted by Gasteiger charge is 2.26. The lowest BCUT2D eigenvalue weighted by atomic mass is 9.93. The monoisotopic (exact) mass is 430 g/mol. The Morgan fingerprint density at radius 2 is 1.91 bits per heavy atom. The number of nitrogens with zero attached hydrogens (tertiary/aromatic N) is 4. The molecule has 3 heterocycles. The molecule has 1 saturated heterocycles. The molecule has 0 aromatic carbocycles. The molecule has 0 unspecified atom stereocenters. The number of pyridine rings is 2. The number of allylic oxidation sites excluding steroid dienone is 1. The van der Waals surface area contributed by atoms with Crippen LogP contribution in [0.5, 0.6) is 0 Å². The van der Waals surface area contributed by atoms with Crippen molar-refractivity contribution < 1.29 is 9.59 Å². The molecular formula is C26H30N4O2. The molecule has 166 valence electrons. The molecule has 1 saturated carbocycles. The minimum atomic E-state index is 0.170. The quantitative estimate of drug-likeness (QED) is 0.648. The summed E-state index contributed by atoms with van der Waals surface area (Å²) in [5.41, 5.74) is 5.59. The van der Waals surface area contributed by atoms with Gasteiger partial charge in [0.1, 0.15) is 5.69 Å². The largest absolute Gasteiger partial charge is 0.368 e. The van der Waals surface area contributed by atoms with E-state index < -0.39 is 0 Å². The Balaban J connectivity index is 1.20. The summed E-state index contributed by atoms with van der Waals surface area (Å²) >= 11 is 0. The molecule has 6 heteroatoms. The van der Waals surface area contributed by atoms with E-state index in [0.29, 0.717) is 24.5 Å². The maximum absolute atomic E-state index is 12.2. The van der Waals surface area contributed by atoms with Crippen molar-refractivity contribution in [3.05, 3.63) is 58.7 Å². The molecule has 0 bridgehead atoms. The van der Waals surface area contributed by atoms with Crippen LogP contribution in [0.25, 0.3) is 6.08 Å². The molecule has 2 aromatic rings. The molecule has 2 fully saturated rings. The fraction of sp³-hybridized carbons (Fsp3) is 0.462. The van der Waals surface area contributed by atoms with Gasteiger partial charge in [0, 0.05) is 51.3 Å². The first-order valence-corrected chi connectivity index (χ1v) is 11.7. The summed E-state index contributed by atoms with van der Waals surface area (Å²) in [6.07, 6.45) is 9.16. The molecule has 32 heavy (non-hydrogen) atoms. The standard InChI is InChI=1S/C26H30N4O2/c1-17-11-24-20(14-25(17)31)13-21(15-27-24)18(2)29-7-9-30(10-8-29)22-5-6-23(28-16-22)26(32)12-19-3-4-19/h5-6,11,13,15-16,18-19H,3-4,7-10,12,14H2,1-2H3/t18-/m0/s1. The molecule has 0 spiro atoms. The molecule has 2 aliphatic carbocycles. The molecular weight excluding hydrogens is 400 g/mol. The first-order chi connectivity index (χ1) is 15.5. The zero-order valence-corrected chi connectivity index (χ0v) is 18.9. The van der Waals surface area contributed by atoms with Crippen molar-refractivity contribution in [1.82, 2.24) is 14.9 Å². The third kappa shape index (κ3) is 4.37. The number of piperazine rings is 1. The number of ketones is 2. The highest BCUT2D eigenvalue weighted by Crippen LogP contribution is 2.33. The first kappa shape index (κ1) is 21.0. The summed E-state index contributed by atoms with van der Waals surface area (Å²) in [6, 6.07) is 6.32. The normalized spacial score (nSPS) is 20.0. The maximum atomic E-state index is 12.2. The van der Waals surface area contributed by atoms with Crippen molar-refractivity contribution in [3.8, 4) is 0 Å². The van der Waals surface area contributed by atoms with Gasteiger partial charge < -0.3 is 4.90 Å². The van der Waals surface area contributed by atoms with Gasteiger partial charge in [0.25, 0.3) is 0 Å². The van der Waals surface area contributed by atoms with E-state index in [0.717, 1.165) is 54.3 Å². The number of carbonyl (C=O) groups excluding carboxylic acids is 2. The predicted octanol–water partition coefficient (Wildman–Crippen LogP) is 3.87.